The molecule has 14 rings (SSSR count). The van der Waals surface area contributed by atoms with Crippen molar-refractivity contribution in [1.29, 1.82) is 0 Å². The van der Waals surface area contributed by atoms with Gasteiger partial charge < -0.3 is 18.3 Å². The molecule has 0 saturated carbocycles. The highest BCUT2D eigenvalue weighted by molar-refractivity contribution is 5.94. The highest BCUT2D eigenvalue weighted by Gasteiger charge is 2.31. The van der Waals surface area contributed by atoms with Crippen LogP contribution in [0.15, 0.2) is 231 Å². The van der Waals surface area contributed by atoms with Crippen molar-refractivity contribution >= 4 is 21.8 Å². The minimum Gasteiger partial charge on any atom is -0.311 e. The van der Waals surface area contributed by atoms with Crippen LogP contribution in [0.2, 0.25) is 0 Å². The third-order valence-electron chi connectivity index (χ3n) is 23.5. The minimum atomic E-state index is 0.439. The number of hydrogen-bond acceptors (Lipinski definition) is 0. The number of rotatable bonds is 18. The maximum Gasteiger partial charge on any atom is 0.229 e. The zero-order valence-corrected chi connectivity index (χ0v) is 74.3. The molecule has 0 N–H and O–H groups in total. The lowest BCUT2D eigenvalue weighted by atomic mass is 9.92. The molecule has 0 atom stereocenters. The number of para-hydroxylation sites is 6. The molecular formula is C106H132N8+4. The fraction of sp³-hybridized carbons (Fsp3) is 0.358. The molecule has 0 amide bonds. The van der Waals surface area contributed by atoms with E-state index in [1.807, 2.05) is 0 Å². The van der Waals surface area contributed by atoms with Crippen LogP contribution in [-0.2, 0) is 28.2 Å². The summed E-state index contributed by atoms with van der Waals surface area (Å²) < 4.78 is 18.8. The molecule has 8 aromatic heterocycles. The standard InChI is InChI=1S/C30H37N2.C27H31N2.C26H35N2.C23H29N2/c1-19(2)23-16-17-31(8)28(18-23)29-22(7)26-12-9-10-15-27(26)32(29)30-24(20(3)4)13-11-14-25(30)21(5)6;1-18(2)21-15-16-28(6)26(17-21)27-20(5)23-12-8-10-14-25(23)29(27)24-13-9-7-11-22(24)19(3)4;1-17(2)21-12-13-24(27(8)16-21)25-20(7)14-15-28(25)26-22(18(3)4)10-9-11-23(26)19(5)6;1-16(2)19-11-12-22(24(6)15-19)23-18(5)13-14-25(23)21-10-8-7-9-20(21)17(3)4/h9-21H,1-8H3;7-19H,1-6H3;9-19H,1-8H3;7-17H,1-6H3/q4*+1. The minimum absolute atomic E-state index is 0.439. The van der Waals surface area contributed by atoms with Gasteiger partial charge in [-0.2, -0.15) is 18.3 Å². The molecule has 8 nitrogen and oxygen atoms in total. The number of aromatic nitrogens is 8. The Kier molecular flexibility index (Phi) is 26.6. The average molecular weight is 1520 g/mol. The summed E-state index contributed by atoms with van der Waals surface area (Å²) in [7, 11) is 8.62. The van der Waals surface area contributed by atoms with Crippen LogP contribution in [0.5, 0.6) is 0 Å². The van der Waals surface area contributed by atoms with Gasteiger partial charge in [0.15, 0.2) is 24.8 Å². The molecule has 8 heteroatoms. The Balaban J connectivity index is 0.000000150. The van der Waals surface area contributed by atoms with Gasteiger partial charge in [-0.15, -0.1) is 0 Å². The second-order valence-corrected chi connectivity index (χ2v) is 35.2. The van der Waals surface area contributed by atoms with Crippen LogP contribution < -0.4 is 18.3 Å². The monoisotopic (exact) mass is 1520 g/mol. The molecule has 0 radical (unpaired) electrons. The van der Waals surface area contributed by atoms with E-state index < -0.39 is 0 Å². The van der Waals surface area contributed by atoms with Crippen LogP contribution in [0.3, 0.4) is 0 Å². The van der Waals surface area contributed by atoms with E-state index in [1.165, 1.54) is 168 Å². The van der Waals surface area contributed by atoms with E-state index in [-0.39, 0.29) is 0 Å². The van der Waals surface area contributed by atoms with Crippen molar-refractivity contribution < 1.29 is 18.3 Å². The lowest BCUT2D eigenvalue weighted by molar-refractivity contribution is -0.661. The molecule has 14 aromatic rings. The summed E-state index contributed by atoms with van der Waals surface area (Å²) >= 11 is 0. The Morgan fingerprint density at radius 1 is 0.254 bits per heavy atom. The SMILES string of the molecule is Cc1c(-c2cc(C(C)C)cc[n+]2C)n(-c2c(C(C)C)cccc2C(C)C)c2ccccc12.Cc1c(-c2cc(C(C)C)cc[n+]2C)n(-c2ccccc2C(C)C)c2ccccc12.Cc1ccn(-c2c(C(C)C)cccc2C(C)C)c1-c1ccc(C(C)C)c[n+]1C.Cc1ccn(-c2ccccc2C(C)C)c1-c1ccc(C(C)C)c[n+]1C. The average Bonchev–Trinajstić information content (AvgIpc) is 1.60. The Labute approximate surface area is 685 Å². The maximum atomic E-state index is 2.55. The number of hydrogen-bond donors (Lipinski definition) is 0. The first-order valence-electron chi connectivity index (χ1n) is 42.2. The zero-order chi connectivity index (χ0) is 82.6. The van der Waals surface area contributed by atoms with Crippen LogP contribution >= 0.6 is 0 Å². The predicted molar refractivity (Wildman–Crippen MR) is 484 cm³/mol. The molecule has 0 bridgehead atoms. The van der Waals surface area contributed by atoms with Gasteiger partial charge in [0.05, 0.1) is 22.4 Å². The fourth-order valence-electron chi connectivity index (χ4n) is 16.7. The van der Waals surface area contributed by atoms with Crippen molar-refractivity contribution in [3.05, 3.63) is 309 Å². The van der Waals surface area contributed by atoms with Gasteiger partial charge in [-0.25, -0.2) is 0 Å². The molecule has 0 aliphatic rings. The smallest absolute Gasteiger partial charge is 0.229 e. The van der Waals surface area contributed by atoms with E-state index in [0.717, 1.165) is 0 Å². The Bertz CT molecular complexity index is 5650. The lowest BCUT2D eigenvalue weighted by Gasteiger charge is -2.23. The zero-order valence-electron chi connectivity index (χ0n) is 74.3. The van der Waals surface area contributed by atoms with Gasteiger partial charge in [0.25, 0.3) is 0 Å². The highest BCUT2D eigenvalue weighted by atomic mass is 15.1. The summed E-state index contributed by atoms with van der Waals surface area (Å²) in [6.07, 6.45) is 13.4. The summed E-state index contributed by atoms with van der Waals surface area (Å²) in [5.74, 6) is 4.82. The first-order chi connectivity index (χ1) is 54.2. The summed E-state index contributed by atoms with van der Waals surface area (Å²) in [6, 6.07) is 71.6. The molecule has 0 fully saturated rings. The molecule has 8 heterocycles. The Hall–Kier alpha value is -10.4. The van der Waals surface area contributed by atoms with Crippen molar-refractivity contribution in [3.8, 4) is 68.3 Å². The summed E-state index contributed by atoms with van der Waals surface area (Å²) in [4.78, 5) is 0. The van der Waals surface area contributed by atoms with Crippen LogP contribution in [-0.4, -0.2) is 18.3 Å². The second-order valence-electron chi connectivity index (χ2n) is 35.2. The van der Waals surface area contributed by atoms with E-state index >= 15 is 0 Å². The Morgan fingerprint density at radius 2 is 0.588 bits per heavy atom. The number of fused-ring (bicyclic) bond motifs is 2. The van der Waals surface area contributed by atoms with Gasteiger partial charge in [-0.1, -0.05) is 248 Å². The van der Waals surface area contributed by atoms with E-state index in [0.29, 0.717) is 59.2 Å². The number of benzene rings is 6. The second kappa shape index (κ2) is 35.9. The van der Waals surface area contributed by atoms with Crippen LogP contribution in [0.25, 0.3) is 90.1 Å². The van der Waals surface area contributed by atoms with E-state index in [2.05, 4.69) is 462 Å². The molecule has 0 aliphatic carbocycles. The third-order valence-corrected chi connectivity index (χ3v) is 23.5. The van der Waals surface area contributed by atoms with Crippen LogP contribution in [0.4, 0.5) is 0 Å². The first-order valence-corrected chi connectivity index (χ1v) is 42.2. The molecule has 0 unspecified atom stereocenters. The molecular weight excluding hydrogens is 1390 g/mol. The van der Waals surface area contributed by atoms with Gasteiger partial charge >= 0.3 is 0 Å². The first kappa shape index (κ1) is 84.5. The molecule has 592 valence electrons. The lowest BCUT2D eigenvalue weighted by Crippen LogP contribution is -2.32. The van der Waals surface area contributed by atoms with E-state index in [4.69, 9.17) is 0 Å². The van der Waals surface area contributed by atoms with Crippen molar-refractivity contribution in [2.24, 2.45) is 28.2 Å². The van der Waals surface area contributed by atoms with Crippen molar-refractivity contribution in [2.75, 3.05) is 0 Å². The van der Waals surface area contributed by atoms with Crippen LogP contribution in [0, 0.1) is 27.7 Å². The molecule has 0 saturated heterocycles. The molecule has 6 aromatic carbocycles. The quantitative estimate of drug-likeness (QED) is 0.0768. The third kappa shape index (κ3) is 17.3. The van der Waals surface area contributed by atoms with Crippen LogP contribution in [0.1, 0.15) is 276 Å². The highest BCUT2D eigenvalue weighted by Crippen LogP contribution is 2.43. The largest absolute Gasteiger partial charge is 0.311 e. The van der Waals surface area contributed by atoms with Gasteiger partial charge in [0, 0.05) is 82.1 Å². The maximum absolute atomic E-state index is 2.55. The summed E-state index contributed by atoms with van der Waals surface area (Å²) in [5.41, 5.74) is 37.1. The molecule has 0 aliphatic heterocycles. The molecule has 0 spiro atoms. The Morgan fingerprint density at radius 3 is 0.991 bits per heavy atom. The topological polar surface area (TPSA) is 35.2 Å². The van der Waals surface area contributed by atoms with Crippen molar-refractivity contribution in [1.82, 2.24) is 18.3 Å². The van der Waals surface area contributed by atoms with Gasteiger partial charge in [-0.05, 0) is 202 Å². The number of aryl methyl sites for hydroxylation is 8. The predicted octanol–water partition coefficient (Wildman–Crippen LogP) is 26.6. The number of nitrogens with zero attached hydrogens (tertiary/aromatic N) is 8. The van der Waals surface area contributed by atoms with Crippen molar-refractivity contribution in [3.63, 3.8) is 0 Å². The van der Waals surface area contributed by atoms with E-state index in [9.17, 15) is 0 Å². The van der Waals surface area contributed by atoms with Crippen molar-refractivity contribution in [2.45, 2.75) is 225 Å². The number of pyridine rings is 4. The normalized spacial score (nSPS) is 11.8. The van der Waals surface area contributed by atoms with Gasteiger partial charge in [0.1, 0.15) is 51.0 Å². The van der Waals surface area contributed by atoms with Gasteiger partial charge in [-0.3, -0.25) is 0 Å². The summed E-state index contributed by atoms with van der Waals surface area (Å²) in [6.45, 7) is 54.4. The molecule has 114 heavy (non-hydrogen) atoms. The van der Waals surface area contributed by atoms with Gasteiger partial charge in [0.2, 0.25) is 22.8 Å². The van der Waals surface area contributed by atoms with E-state index in [1.54, 1.807) is 0 Å². The fourth-order valence-corrected chi connectivity index (χ4v) is 16.7. The summed E-state index contributed by atoms with van der Waals surface area (Å²) in [5, 5.41) is 2.64.